The van der Waals surface area contributed by atoms with Gasteiger partial charge in [0.05, 0.1) is 12.6 Å². The van der Waals surface area contributed by atoms with Crippen LogP contribution >= 0.6 is 0 Å². The van der Waals surface area contributed by atoms with Crippen LogP contribution < -0.4 is 33.2 Å². The SMILES string of the molecule is CC(C)CC(NC(=O)C(C)NC(=O)CNC(=O)C(N)CCCN=C(N)N)C(=O)O. The Morgan fingerprint density at radius 2 is 1.66 bits per heavy atom. The first-order chi connectivity index (χ1) is 13.4. The van der Waals surface area contributed by atoms with Crippen LogP contribution in [0.25, 0.3) is 0 Å². The first-order valence-corrected chi connectivity index (χ1v) is 9.35. The van der Waals surface area contributed by atoms with Gasteiger partial charge < -0.3 is 38.3 Å². The molecule has 0 spiro atoms. The van der Waals surface area contributed by atoms with Gasteiger partial charge in [-0.05, 0) is 32.1 Å². The number of hydrogen-bond acceptors (Lipinski definition) is 6. The van der Waals surface area contributed by atoms with E-state index in [1.807, 2.05) is 13.8 Å². The zero-order valence-corrected chi connectivity index (χ0v) is 17.1. The topological polar surface area (TPSA) is 215 Å². The number of carbonyl (C=O) groups excluding carboxylic acids is 3. The normalized spacial score (nSPS) is 13.7. The average molecular weight is 415 g/mol. The highest BCUT2D eigenvalue weighted by atomic mass is 16.4. The van der Waals surface area contributed by atoms with E-state index in [1.165, 1.54) is 6.92 Å². The summed E-state index contributed by atoms with van der Waals surface area (Å²) in [5.41, 5.74) is 16.1. The summed E-state index contributed by atoms with van der Waals surface area (Å²) in [6.45, 7) is 5.05. The molecule has 0 aliphatic carbocycles. The number of carboxylic acid groups (broad SMARTS) is 1. The van der Waals surface area contributed by atoms with Crippen molar-refractivity contribution in [2.24, 2.45) is 28.1 Å². The molecule has 0 radical (unpaired) electrons. The number of aliphatic carboxylic acids is 1. The van der Waals surface area contributed by atoms with Crippen molar-refractivity contribution >= 4 is 29.7 Å². The maximum absolute atomic E-state index is 12.1. The minimum absolute atomic E-state index is 0.0447. The lowest BCUT2D eigenvalue weighted by molar-refractivity contribution is -0.142. The summed E-state index contributed by atoms with van der Waals surface area (Å²) >= 11 is 0. The Labute approximate surface area is 170 Å². The second-order valence-corrected chi connectivity index (χ2v) is 7.09. The molecule has 0 aliphatic rings. The molecule has 3 atom stereocenters. The summed E-state index contributed by atoms with van der Waals surface area (Å²) in [6.07, 6.45) is 1.09. The molecule has 0 saturated carbocycles. The number of nitrogens with one attached hydrogen (secondary N) is 3. The molecule has 0 aromatic rings. The van der Waals surface area contributed by atoms with Crippen LogP contribution in [0.1, 0.15) is 40.0 Å². The average Bonchev–Trinajstić information content (AvgIpc) is 2.61. The smallest absolute Gasteiger partial charge is 0.326 e. The Bertz CT molecular complexity index is 605. The molecular formula is C17H33N7O5. The molecule has 12 heteroatoms. The lowest BCUT2D eigenvalue weighted by Crippen LogP contribution is -2.52. The van der Waals surface area contributed by atoms with Crippen molar-refractivity contribution in [3.63, 3.8) is 0 Å². The lowest BCUT2D eigenvalue weighted by atomic mass is 10.0. The molecule has 10 N–H and O–H groups in total. The van der Waals surface area contributed by atoms with E-state index >= 15 is 0 Å². The van der Waals surface area contributed by atoms with E-state index < -0.39 is 41.8 Å². The Kier molecular flexibility index (Phi) is 12.0. The van der Waals surface area contributed by atoms with Crippen molar-refractivity contribution in [1.29, 1.82) is 0 Å². The third kappa shape index (κ3) is 12.2. The predicted molar refractivity (Wildman–Crippen MR) is 108 cm³/mol. The van der Waals surface area contributed by atoms with Gasteiger partial charge >= 0.3 is 5.97 Å². The monoisotopic (exact) mass is 415 g/mol. The number of hydrogen-bond donors (Lipinski definition) is 7. The summed E-state index contributed by atoms with van der Waals surface area (Å²) in [6, 6.07) is -2.84. The van der Waals surface area contributed by atoms with Crippen LogP contribution in [0, 0.1) is 5.92 Å². The van der Waals surface area contributed by atoms with Crippen molar-refractivity contribution in [3.05, 3.63) is 0 Å². The fraction of sp³-hybridized carbons (Fsp3) is 0.706. The molecular weight excluding hydrogens is 382 g/mol. The number of amides is 3. The maximum atomic E-state index is 12.1. The fourth-order valence-electron chi connectivity index (χ4n) is 2.30. The highest BCUT2D eigenvalue weighted by Crippen LogP contribution is 2.05. The Balaban J connectivity index is 4.34. The zero-order chi connectivity index (χ0) is 22.6. The van der Waals surface area contributed by atoms with Gasteiger partial charge in [0.25, 0.3) is 0 Å². The number of carboxylic acids is 1. The summed E-state index contributed by atoms with van der Waals surface area (Å²) < 4.78 is 0. The number of carbonyl (C=O) groups is 4. The molecule has 0 aliphatic heterocycles. The second kappa shape index (κ2) is 13.3. The van der Waals surface area contributed by atoms with Crippen LogP contribution in [0.2, 0.25) is 0 Å². The molecule has 166 valence electrons. The molecule has 0 fully saturated rings. The number of nitrogens with zero attached hydrogens (tertiary/aromatic N) is 1. The summed E-state index contributed by atoms with van der Waals surface area (Å²) in [5.74, 6) is -2.88. The Hall–Kier alpha value is -2.89. The van der Waals surface area contributed by atoms with E-state index in [2.05, 4.69) is 20.9 Å². The second-order valence-electron chi connectivity index (χ2n) is 7.09. The third-order valence-corrected chi connectivity index (χ3v) is 3.82. The molecule has 0 rings (SSSR count). The molecule has 0 saturated heterocycles. The molecule has 12 nitrogen and oxygen atoms in total. The number of guanidine groups is 1. The van der Waals surface area contributed by atoms with Gasteiger partial charge in [0.1, 0.15) is 12.1 Å². The van der Waals surface area contributed by atoms with Gasteiger partial charge in [-0.15, -0.1) is 0 Å². The van der Waals surface area contributed by atoms with Gasteiger partial charge in [-0.2, -0.15) is 0 Å². The van der Waals surface area contributed by atoms with Gasteiger partial charge in [0.2, 0.25) is 17.7 Å². The Morgan fingerprint density at radius 3 is 2.17 bits per heavy atom. The van der Waals surface area contributed by atoms with E-state index in [0.717, 1.165) is 0 Å². The van der Waals surface area contributed by atoms with E-state index in [1.54, 1.807) is 0 Å². The predicted octanol–water partition coefficient (Wildman–Crippen LogP) is -2.40. The fourth-order valence-corrected chi connectivity index (χ4v) is 2.30. The number of aliphatic imine (C=N–C) groups is 1. The van der Waals surface area contributed by atoms with Gasteiger partial charge in [0.15, 0.2) is 5.96 Å². The highest BCUT2D eigenvalue weighted by Gasteiger charge is 2.24. The lowest BCUT2D eigenvalue weighted by Gasteiger charge is -2.20. The molecule has 3 amide bonds. The molecule has 0 heterocycles. The van der Waals surface area contributed by atoms with Gasteiger partial charge in [-0.1, -0.05) is 13.8 Å². The van der Waals surface area contributed by atoms with Crippen LogP contribution in [-0.4, -0.2) is 66.0 Å². The van der Waals surface area contributed by atoms with Crippen molar-refractivity contribution in [2.75, 3.05) is 13.1 Å². The molecule has 0 bridgehead atoms. The standard InChI is InChI=1S/C17H33N7O5/c1-9(2)7-12(16(28)29)24-14(26)10(3)23-13(25)8-22-15(27)11(18)5-4-6-21-17(19)20/h9-12H,4-8,18H2,1-3H3,(H,22,27)(H,23,25)(H,24,26)(H,28,29)(H4,19,20,21). The first kappa shape index (κ1) is 26.1. The van der Waals surface area contributed by atoms with Crippen LogP contribution in [0.4, 0.5) is 0 Å². The number of nitrogens with two attached hydrogens (primary N) is 3. The Morgan fingerprint density at radius 1 is 1.03 bits per heavy atom. The third-order valence-electron chi connectivity index (χ3n) is 3.82. The van der Waals surface area contributed by atoms with Gasteiger partial charge in [0, 0.05) is 6.54 Å². The zero-order valence-electron chi connectivity index (χ0n) is 17.1. The van der Waals surface area contributed by atoms with Crippen molar-refractivity contribution in [3.8, 4) is 0 Å². The highest BCUT2D eigenvalue weighted by molar-refractivity contribution is 5.92. The molecule has 29 heavy (non-hydrogen) atoms. The van der Waals surface area contributed by atoms with E-state index in [9.17, 15) is 19.2 Å². The summed E-state index contributed by atoms with van der Waals surface area (Å²) in [4.78, 5) is 50.8. The van der Waals surface area contributed by atoms with Crippen LogP contribution in [0.5, 0.6) is 0 Å². The maximum Gasteiger partial charge on any atom is 0.326 e. The van der Waals surface area contributed by atoms with E-state index in [0.29, 0.717) is 19.4 Å². The van der Waals surface area contributed by atoms with E-state index in [-0.39, 0.29) is 24.8 Å². The largest absolute Gasteiger partial charge is 0.480 e. The van der Waals surface area contributed by atoms with Crippen LogP contribution in [0.3, 0.4) is 0 Å². The van der Waals surface area contributed by atoms with Gasteiger partial charge in [-0.25, -0.2) is 4.79 Å². The van der Waals surface area contributed by atoms with Crippen LogP contribution in [-0.2, 0) is 19.2 Å². The number of rotatable bonds is 13. The first-order valence-electron chi connectivity index (χ1n) is 9.35. The minimum Gasteiger partial charge on any atom is -0.480 e. The molecule has 0 aromatic carbocycles. The quantitative estimate of drug-likeness (QED) is 0.0975. The minimum atomic E-state index is -1.15. The van der Waals surface area contributed by atoms with Crippen molar-refractivity contribution in [1.82, 2.24) is 16.0 Å². The molecule has 0 aromatic heterocycles. The van der Waals surface area contributed by atoms with Gasteiger partial charge in [-0.3, -0.25) is 19.4 Å². The van der Waals surface area contributed by atoms with Crippen LogP contribution in [0.15, 0.2) is 4.99 Å². The van der Waals surface area contributed by atoms with E-state index in [4.69, 9.17) is 22.3 Å². The summed E-state index contributed by atoms with van der Waals surface area (Å²) in [5, 5.41) is 16.3. The van der Waals surface area contributed by atoms with Crippen molar-refractivity contribution < 1.29 is 24.3 Å². The summed E-state index contributed by atoms with van der Waals surface area (Å²) in [7, 11) is 0. The molecule has 3 unspecified atom stereocenters. The van der Waals surface area contributed by atoms with Crippen molar-refractivity contribution in [2.45, 2.75) is 58.2 Å².